The molecule has 2 rings (SSSR count). The van der Waals surface area contributed by atoms with Crippen molar-refractivity contribution in [1.29, 1.82) is 0 Å². The van der Waals surface area contributed by atoms with Crippen molar-refractivity contribution in [1.82, 2.24) is 4.98 Å². The topological polar surface area (TPSA) is 72.8 Å². The predicted molar refractivity (Wildman–Crippen MR) is 101 cm³/mol. The van der Waals surface area contributed by atoms with Crippen molar-refractivity contribution in [2.45, 2.75) is 27.7 Å². The lowest BCUT2D eigenvalue weighted by Gasteiger charge is -2.10. The first-order chi connectivity index (χ1) is 12.0. The molecule has 0 saturated carbocycles. The van der Waals surface area contributed by atoms with Crippen molar-refractivity contribution in [3.05, 3.63) is 40.4 Å². The van der Waals surface area contributed by atoms with Crippen LogP contribution in [-0.4, -0.2) is 30.4 Å². The molecular formula is C18H23N3O3S. The van der Waals surface area contributed by atoms with Gasteiger partial charge in [-0.25, -0.2) is 9.78 Å². The Morgan fingerprint density at radius 1 is 1.40 bits per heavy atom. The Kier molecular flexibility index (Phi) is 6.94. The van der Waals surface area contributed by atoms with Gasteiger partial charge in [0, 0.05) is 5.56 Å². The number of aromatic nitrogens is 1. The van der Waals surface area contributed by atoms with E-state index < -0.39 is 0 Å². The highest BCUT2D eigenvalue weighted by Gasteiger charge is 2.15. The maximum Gasteiger partial charge on any atom is 0.350 e. The van der Waals surface area contributed by atoms with E-state index in [1.165, 1.54) is 11.3 Å². The molecule has 0 atom stereocenters. The second-order valence-corrected chi connectivity index (χ2v) is 6.77. The van der Waals surface area contributed by atoms with Crippen LogP contribution in [0.25, 0.3) is 0 Å². The van der Waals surface area contributed by atoms with Gasteiger partial charge in [-0.1, -0.05) is 37.3 Å². The number of nitrogens with one attached hydrogen (secondary N) is 1. The number of hydrogen-bond donors (Lipinski definition) is 1. The number of rotatable bonds is 8. The monoisotopic (exact) mass is 361 g/mol. The number of aryl methyl sites for hydroxylation is 1. The highest BCUT2D eigenvalue weighted by atomic mass is 32.1. The quantitative estimate of drug-likeness (QED) is 0.435. The Labute approximate surface area is 151 Å². The molecule has 0 aliphatic carbocycles. The number of carbonyl (C=O) groups is 1. The summed E-state index contributed by atoms with van der Waals surface area (Å²) in [4.78, 5) is 16.6. The molecular weight excluding hydrogens is 338 g/mol. The summed E-state index contributed by atoms with van der Waals surface area (Å²) in [6, 6.07) is 7.69. The van der Waals surface area contributed by atoms with E-state index in [4.69, 9.17) is 9.47 Å². The van der Waals surface area contributed by atoms with Gasteiger partial charge >= 0.3 is 5.97 Å². The Morgan fingerprint density at radius 3 is 2.88 bits per heavy atom. The number of esters is 1. The summed E-state index contributed by atoms with van der Waals surface area (Å²) in [5.41, 5.74) is 4.35. The molecule has 0 fully saturated rings. The van der Waals surface area contributed by atoms with Crippen molar-refractivity contribution in [3.8, 4) is 5.75 Å². The Bertz CT molecular complexity index is 741. The summed E-state index contributed by atoms with van der Waals surface area (Å²) in [5, 5.41) is 4.74. The molecule has 0 saturated heterocycles. The average molecular weight is 361 g/mol. The molecule has 6 nitrogen and oxygen atoms in total. The lowest BCUT2D eigenvalue weighted by molar-refractivity contribution is 0.0531. The molecule has 0 aliphatic heterocycles. The van der Waals surface area contributed by atoms with Crippen LogP contribution in [0.5, 0.6) is 5.75 Å². The number of ether oxygens (including phenoxy) is 2. The zero-order valence-electron chi connectivity index (χ0n) is 14.9. The third-order valence-electron chi connectivity index (χ3n) is 3.11. The molecule has 25 heavy (non-hydrogen) atoms. The molecule has 0 amide bonds. The fraction of sp³-hybridized carbons (Fsp3) is 0.389. The van der Waals surface area contributed by atoms with Crippen molar-refractivity contribution in [3.63, 3.8) is 0 Å². The van der Waals surface area contributed by atoms with Crippen molar-refractivity contribution in [2.75, 3.05) is 18.6 Å². The number of thiazole rings is 1. The van der Waals surface area contributed by atoms with Gasteiger partial charge in [0.15, 0.2) is 0 Å². The zero-order chi connectivity index (χ0) is 18.2. The third-order valence-corrected chi connectivity index (χ3v) is 4.15. The molecule has 2 aromatic rings. The fourth-order valence-corrected chi connectivity index (χ4v) is 2.77. The highest BCUT2D eigenvalue weighted by molar-refractivity contribution is 7.17. The van der Waals surface area contributed by atoms with Gasteiger partial charge in [0.2, 0.25) is 5.13 Å². The number of benzene rings is 1. The van der Waals surface area contributed by atoms with Gasteiger partial charge in [0.05, 0.1) is 25.1 Å². The maximum atomic E-state index is 11.8. The normalized spacial score (nSPS) is 11.1. The van der Waals surface area contributed by atoms with Gasteiger partial charge in [-0.05, 0) is 31.9 Å². The van der Waals surface area contributed by atoms with Crippen molar-refractivity contribution in [2.24, 2.45) is 11.0 Å². The van der Waals surface area contributed by atoms with E-state index >= 15 is 0 Å². The average Bonchev–Trinajstić information content (AvgIpc) is 2.95. The molecule has 1 aromatic heterocycles. The Balaban J connectivity index is 2.04. The minimum absolute atomic E-state index is 0.338. The third kappa shape index (κ3) is 5.56. The number of carbonyl (C=O) groups excluding carboxylic acids is 1. The number of nitrogens with zero attached hydrogens (tertiary/aromatic N) is 2. The molecule has 7 heteroatoms. The van der Waals surface area contributed by atoms with E-state index in [0.29, 0.717) is 34.8 Å². The Hall–Kier alpha value is -2.41. The summed E-state index contributed by atoms with van der Waals surface area (Å²) in [6.07, 6.45) is 1.68. The maximum absolute atomic E-state index is 11.8. The zero-order valence-corrected chi connectivity index (χ0v) is 15.7. The van der Waals surface area contributed by atoms with Gasteiger partial charge < -0.3 is 9.47 Å². The lowest BCUT2D eigenvalue weighted by Crippen LogP contribution is -2.06. The van der Waals surface area contributed by atoms with Crippen molar-refractivity contribution < 1.29 is 14.3 Å². The summed E-state index contributed by atoms with van der Waals surface area (Å²) < 4.78 is 10.8. The standard InChI is InChI=1S/C18H23N3O3S/c1-5-23-17(22)16-13(4)20-18(25-16)21-19-10-14-8-6-7-9-15(14)24-11-12(2)3/h6-10,12H,5,11H2,1-4H3,(H,20,21)/b19-10-. The second-order valence-electron chi connectivity index (χ2n) is 5.77. The van der Waals surface area contributed by atoms with Crippen LogP contribution in [0.3, 0.4) is 0 Å². The van der Waals surface area contributed by atoms with Gasteiger partial charge in [0.25, 0.3) is 0 Å². The van der Waals surface area contributed by atoms with E-state index in [9.17, 15) is 4.79 Å². The van der Waals surface area contributed by atoms with Crippen LogP contribution in [0.2, 0.25) is 0 Å². The minimum atomic E-state index is -0.359. The van der Waals surface area contributed by atoms with E-state index in [0.717, 1.165) is 11.3 Å². The second kappa shape index (κ2) is 9.17. The van der Waals surface area contributed by atoms with Gasteiger partial charge in [-0.15, -0.1) is 0 Å². The first kappa shape index (κ1) is 18.9. The number of para-hydroxylation sites is 1. The van der Waals surface area contributed by atoms with E-state index in [-0.39, 0.29) is 5.97 Å². The molecule has 0 bridgehead atoms. The molecule has 1 aromatic carbocycles. The molecule has 134 valence electrons. The van der Waals surface area contributed by atoms with Gasteiger partial charge in [0.1, 0.15) is 10.6 Å². The molecule has 0 aliphatic rings. The largest absolute Gasteiger partial charge is 0.493 e. The van der Waals surface area contributed by atoms with Crippen molar-refractivity contribution >= 4 is 28.7 Å². The summed E-state index contributed by atoms with van der Waals surface area (Å²) >= 11 is 1.22. The van der Waals surface area contributed by atoms with Crippen LogP contribution in [-0.2, 0) is 4.74 Å². The summed E-state index contributed by atoms with van der Waals surface area (Å²) in [6.45, 7) is 8.73. The fourth-order valence-electron chi connectivity index (χ4n) is 1.96. The van der Waals surface area contributed by atoms with Crippen LogP contribution in [0.4, 0.5) is 5.13 Å². The van der Waals surface area contributed by atoms with Crippen LogP contribution < -0.4 is 10.2 Å². The smallest absolute Gasteiger partial charge is 0.350 e. The van der Waals surface area contributed by atoms with Crippen LogP contribution in [0.15, 0.2) is 29.4 Å². The summed E-state index contributed by atoms with van der Waals surface area (Å²) in [7, 11) is 0. The highest BCUT2D eigenvalue weighted by Crippen LogP contribution is 2.23. The molecule has 0 radical (unpaired) electrons. The summed E-state index contributed by atoms with van der Waals surface area (Å²) in [5.74, 6) is 0.869. The van der Waals surface area contributed by atoms with Crippen LogP contribution in [0.1, 0.15) is 41.7 Å². The SMILES string of the molecule is CCOC(=O)c1sc(N/N=C\c2ccccc2OCC(C)C)nc1C. The predicted octanol–water partition coefficient (Wildman–Crippen LogP) is 4.11. The van der Waals surface area contributed by atoms with E-state index in [2.05, 4.69) is 29.4 Å². The van der Waals surface area contributed by atoms with Gasteiger partial charge in [-0.2, -0.15) is 5.10 Å². The van der Waals surface area contributed by atoms with Crippen LogP contribution in [0, 0.1) is 12.8 Å². The number of hydrogen-bond acceptors (Lipinski definition) is 7. The first-order valence-corrected chi connectivity index (χ1v) is 8.98. The molecule has 0 spiro atoms. The van der Waals surface area contributed by atoms with E-state index in [1.54, 1.807) is 20.1 Å². The molecule has 0 unspecified atom stereocenters. The first-order valence-electron chi connectivity index (χ1n) is 8.16. The van der Waals surface area contributed by atoms with Gasteiger partial charge in [-0.3, -0.25) is 5.43 Å². The minimum Gasteiger partial charge on any atom is -0.493 e. The lowest BCUT2D eigenvalue weighted by atomic mass is 10.2. The number of hydrazone groups is 1. The molecule has 1 N–H and O–H groups in total. The number of anilines is 1. The van der Waals surface area contributed by atoms with E-state index in [1.807, 2.05) is 24.3 Å². The molecule has 1 heterocycles. The Morgan fingerprint density at radius 2 is 2.16 bits per heavy atom. The van der Waals surface area contributed by atoms with Crippen LogP contribution >= 0.6 is 11.3 Å².